The van der Waals surface area contributed by atoms with Gasteiger partial charge in [-0.3, -0.25) is 0 Å². The first-order valence-corrected chi connectivity index (χ1v) is 9.07. The quantitative estimate of drug-likeness (QED) is 0.461. The van der Waals surface area contributed by atoms with Gasteiger partial charge in [-0.1, -0.05) is 60.2 Å². The number of unbranched alkanes of at least 4 members (excludes halogenated alkanes) is 1. The molecule has 126 valence electrons. The second-order valence-corrected chi connectivity index (χ2v) is 6.80. The van der Waals surface area contributed by atoms with E-state index in [1.54, 1.807) is 0 Å². The molecule has 0 unspecified atom stereocenters. The molecule has 0 saturated carbocycles. The summed E-state index contributed by atoms with van der Waals surface area (Å²) in [4.78, 5) is 3.75. The van der Waals surface area contributed by atoms with Crippen LogP contribution in [0.1, 0.15) is 24.0 Å². The molecule has 0 fully saturated rings. The summed E-state index contributed by atoms with van der Waals surface area (Å²) in [5.41, 5.74) is 12.2. The van der Waals surface area contributed by atoms with Crippen LogP contribution in [-0.4, -0.2) is 11.5 Å². The standard InChI is InChI=1S/C23H24N2/c1-16-7-6-9-18(15-16)22-20(11-4-5-14-24)21-13-12-17-8-2-3-10-19(17)23(21)25-22/h2-3,6-10,12-13,15,25H,4-5,11,14,24H2,1H3. The molecule has 0 aliphatic carbocycles. The summed E-state index contributed by atoms with van der Waals surface area (Å²) >= 11 is 0. The van der Waals surface area contributed by atoms with Crippen LogP contribution in [-0.2, 0) is 6.42 Å². The lowest BCUT2D eigenvalue weighted by Gasteiger charge is -2.06. The summed E-state index contributed by atoms with van der Waals surface area (Å²) in [5, 5.41) is 3.91. The molecular weight excluding hydrogens is 304 g/mol. The Balaban J connectivity index is 1.95. The van der Waals surface area contributed by atoms with Crippen LogP contribution in [0.2, 0.25) is 0 Å². The van der Waals surface area contributed by atoms with E-state index < -0.39 is 0 Å². The molecular formula is C23H24N2. The summed E-state index contributed by atoms with van der Waals surface area (Å²) in [6.07, 6.45) is 3.24. The van der Waals surface area contributed by atoms with Crippen LogP contribution in [0.4, 0.5) is 0 Å². The van der Waals surface area contributed by atoms with Crippen LogP contribution in [0.5, 0.6) is 0 Å². The second kappa shape index (κ2) is 6.73. The van der Waals surface area contributed by atoms with Gasteiger partial charge in [-0.2, -0.15) is 0 Å². The van der Waals surface area contributed by atoms with Crippen molar-refractivity contribution < 1.29 is 0 Å². The Morgan fingerprint density at radius 1 is 0.880 bits per heavy atom. The van der Waals surface area contributed by atoms with E-state index in [1.807, 2.05) is 0 Å². The average Bonchev–Trinajstić information content (AvgIpc) is 3.01. The van der Waals surface area contributed by atoms with Gasteiger partial charge in [-0.15, -0.1) is 0 Å². The van der Waals surface area contributed by atoms with Gasteiger partial charge in [-0.05, 0) is 55.3 Å². The third kappa shape index (κ3) is 2.94. The van der Waals surface area contributed by atoms with Gasteiger partial charge in [0.15, 0.2) is 0 Å². The zero-order valence-electron chi connectivity index (χ0n) is 14.7. The molecule has 4 rings (SSSR count). The second-order valence-electron chi connectivity index (χ2n) is 6.80. The molecule has 0 spiro atoms. The fourth-order valence-electron chi connectivity index (χ4n) is 3.75. The van der Waals surface area contributed by atoms with Crippen molar-refractivity contribution in [2.45, 2.75) is 26.2 Å². The van der Waals surface area contributed by atoms with Gasteiger partial charge in [0.25, 0.3) is 0 Å². The lowest BCUT2D eigenvalue weighted by molar-refractivity contribution is 0.748. The average molecular weight is 328 g/mol. The highest BCUT2D eigenvalue weighted by atomic mass is 14.7. The van der Waals surface area contributed by atoms with E-state index >= 15 is 0 Å². The highest BCUT2D eigenvalue weighted by Gasteiger charge is 2.14. The highest BCUT2D eigenvalue weighted by molar-refractivity contribution is 6.08. The van der Waals surface area contributed by atoms with Crippen molar-refractivity contribution in [1.82, 2.24) is 4.98 Å². The molecule has 0 atom stereocenters. The summed E-state index contributed by atoms with van der Waals surface area (Å²) in [6.45, 7) is 2.90. The molecule has 25 heavy (non-hydrogen) atoms. The number of aromatic nitrogens is 1. The Morgan fingerprint density at radius 3 is 2.60 bits per heavy atom. The smallest absolute Gasteiger partial charge is 0.0541 e. The number of nitrogens with two attached hydrogens (primary N) is 1. The molecule has 2 nitrogen and oxygen atoms in total. The summed E-state index contributed by atoms with van der Waals surface area (Å²) < 4.78 is 0. The first-order valence-electron chi connectivity index (χ1n) is 9.07. The Kier molecular flexibility index (Phi) is 4.29. The number of fused-ring (bicyclic) bond motifs is 3. The van der Waals surface area contributed by atoms with E-state index in [9.17, 15) is 0 Å². The maximum atomic E-state index is 5.72. The normalized spacial score (nSPS) is 11.4. The van der Waals surface area contributed by atoms with Crippen molar-refractivity contribution in [3.63, 3.8) is 0 Å². The van der Waals surface area contributed by atoms with Gasteiger partial charge in [0.05, 0.1) is 5.52 Å². The molecule has 0 aliphatic heterocycles. The third-order valence-electron chi connectivity index (χ3n) is 4.99. The molecule has 0 saturated heterocycles. The van der Waals surface area contributed by atoms with Crippen LogP contribution >= 0.6 is 0 Å². The SMILES string of the molecule is Cc1cccc(-c2[nH]c3c(ccc4ccccc43)c2CCCCN)c1. The first kappa shape index (κ1) is 15.9. The first-order chi connectivity index (χ1) is 12.3. The minimum absolute atomic E-state index is 0.755. The molecule has 0 amide bonds. The maximum Gasteiger partial charge on any atom is 0.0541 e. The van der Waals surface area contributed by atoms with Crippen molar-refractivity contribution in [3.05, 3.63) is 71.8 Å². The van der Waals surface area contributed by atoms with E-state index in [4.69, 9.17) is 5.73 Å². The van der Waals surface area contributed by atoms with Gasteiger partial charge in [-0.25, -0.2) is 0 Å². The van der Waals surface area contributed by atoms with Gasteiger partial charge >= 0.3 is 0 Å². The molecule has 3 N–H and O–H groups in total. The van der Waals surface area contributed by atoms with Crippen LogP contribution in [0.25, 0.3) is 32.9 Å². The Labute approximate surface area is 148 Å². The Hall–Kier alpha value is -2.58. The van der Waals surface area contributed by atoms with E-state index in [-0.39, 0.29) is 0 Å². The largest absolute Gasteiger partial charge is 0.354 e. The number of rotatable bonds is 5. The Morgan fingerprint density at radius 2 is 1.76 bits per heavy atom. The van der Waals surface area contributed by atoms with Crippen molar-refractivity contribution in [2.24, 2.45) is 5.73 Å². The highest BCUT2D eigenvalue weighted by Crippen LogP contribution is 2.35. The van der Waals surface area contributed by atoms with E-state index in [0.717, 1.165) is 25.8 Å². The monoisotopic (exact) mass is 328 g/mol. The zero-order valence-corrected chi connectivity index (χ0v) is 14.7. The minimum Gasteiger partial charge on any atom is -0.354 e. The van der Waals surface area contributed by atoms with E-state index in [0.29, 0.717) is 0 Å². The van der Waals surface area contributed by atoms with Gasteiger partial charge in [0.1, 0.15) is 0 Å². The Bertz CT molecular complexity index is 1030. The van der Waals surface area contributed by atoms with Crippen LogP contribution in [0.3, 0.4) is 0 Å². The zero-order chi connectivity index (χ0) is 17.2. The number of aromatic amines is 1. The van der Waals surface area contributed by atoms with Gasteiger partial charge < -0.3 is 10.7 Å². The van der Waals surface area contributed by atoms with E-state index in [1.165, 1.54) is 44.1 Å². The van der Waals surface area contributed by atoms with E-state index in [2.05, 4.69) is 72.6 Å². The fourth-order valence-corrected chi connectivity index (χ4v) is 3.75. The van der Waals surface area contributed by atoms with Crippen LogP contribution < -0.4 is 5.73 Å². The molecule has 0 bridgehead atoms. The molecule has 1 heterocycles. The summed E-state index contributed by atoms with van der Waals surface area (Å²) in [7, 11) is 0. The number of hydrogen-bond acceptors (Lipinski definition) is 1. The van der Waals surface area contributed by atoms with Crippen molar-refractivity contribution in [3.8, 4) is 11.3 Å². The summed E-state index contributed by atoms with van der Waals surface area (Å²) in [6, 6.07) is 21.8. The van der Waals surface area contributed by atoms with Crippen molar-refractivity contribution >= 4 is 21.7 Å². The lowest BCUT2D eigenvalue weighted by Crippen LogP contribution is -1.99. The van der Waals surface area contributed by atoms with Crippen molar-refractivity contribution in [2.75, 3.05) is 6.54 Å². The number of H-pyrrole nitrogens is 1. The molecule has 2 heteroatoms. The number of nitrogens with one attached hydrogen (secondary N) is 1. The van der Waals surface area contributed by atoms with Gasteiger partial charge in [0.2, 0.25) is 0 Å². The molecule has 1 aromatic heterocycles. The molecule has 4 aromatic rings. The predicted octanol–water partition coefficient (Wildman–Crippen LogP) is 5.58. The van der Waals surface area contributed by atoms with Gasteiger partial charge in [0, 0.05) is 16.5 Å². The maximum absolute atomic E-state index is 5.72. The summed E-state index contributed by atoms with van der Waals surface area (Å²) in [5.74, 6) is 0. The predicted molar refractivity (Wildman–Crippen MR) is 108 cm³/mol. The molecule has 0 aliphatic rings. The number of benzene rings is 3. The molecule has 0 radical (unpaired) electrons. The fraction of sp³-hybridized carbons (Fsp3) is 0.217. The lowest BCUT2D eigenvalue weighted by atomic mass is 9.98. The van der Waals surface area contributed by atoms with Crippen molar-refractivity contribution in [1.29, 1.82) is 0 Å². The topological polar surface area (TPSA) is 41.8 Å². The number of aryl methyl sites for hydroxylation is 2. The minimum atomic E-state index is 0.755. The number of hydrogen-bond donors (Lipinski definition) is 2. The third-order valence-corrected chi connectivity index (χ3v) is 4.99. The van der Waals surface area contributed by atoms with Crippen LogP contribution in [0, 0.1) is 6.92 Å². The molecule has 3 aromatic carbocycles. The van der Waals surface area contributed by atoms with Crippen LogP contribution in [0.15, 0.2) is 60.7 Å².